The fourth-order valence-electron chi connectivity index (χ4n) is 4.25. The maximum absolute atomic E-state index is 13.0. The molecule has 0 radical (unpaired) electrons. The van der Waals surface area contributed by atoms with Crippen LogP contribution in [0.2, 0.25) is 0 Å². The summed E-state index contributed by atoms with van der Waals surface area (Å²) in [5.41, 5.74) is 5.71. The molecule has 0 saturated heterocycles. The maximum Gasteiger partial charge on any atom is 0.250 e. The van der Waals surface area contributed by atoms with Crippen molar-refractivity contribution in [2.45, 2.75) is 18.8 Å². The van der Waals surface area contributed by atoms with Crippen molar-refractivity contribution in [3.05, 3.63) is 70.3 Å². The molecule has 4 heteroatoms. The van der Waals surface area contributed by atoms with E-state index in [-0.39, 0.29) is 11.8 Å². The highest BCUT2D eigenvalue weighted by molar-refractivity contribution is 5.97. The number of carbonyl (C=O) groups is 1. The quantitative estimate of drug-likeness (QED) is 0.770. The molecule has 1 amide bonds. The van der Waals surface area contributed by atoms with Crippen LogP contribution in [0, 0.1) is 12.3 Å². The smallest absolute Gasteiger partial charge is 0.250 e. The topological polar surface area (TPSA) is 38.8 Å². The lowest BCUT2D eigenvalue weighted by atomic mass is 9.85. The molecule has 1 unspecified atom stereocenters. The molecule has 2 aromatic carbocycles. The minimum atomic E-state index is 0.0752. The first-order valence-corrected chi connectivity index (χ1v) is 9.39. The third-order valence-corrected chi connectivity index (χ3v) is 5.69. The largest absolute Gasteiger partial charge is 0.497 e. The SMILES string of the molecule is C#CCN1CC2=C(CC(c3ccc(OC)cc3)c3ccc(OC)cc3C2)C1=O. The van der Waals surface area contributed by atoms with Crippen molar-refractivity contribution in [2.24, 2.45) is 0 Å². The number of ether oxygens (including phenoxy) is 2. The van der Waals surface area contributed by atoms with Crippen molar-refractivity contribution in [2.75, 3.05) is 27.3 Å². The number of methoxy groups -OCH3 is 2. The molecule has 1 aliphatic carbocycles. The number of rotatable bonds is 4. The molecule has 0 aromatic heterocycles. The Morgan fingerprint density at radius 3 is 2.50 bits per heavy atom. The van der Waals surface area contributed by atoms with Gasteiger partial charge in [-0.15, -0.1) is 6.42 Å². The van der Waals surface area contributed by atoms with Crippen molar-refractivity contribution in [3.63, 3.8) is 0 Å². The van der Waals surface area contributed by atoms with Gasteiger partial charge in [0.1, 0.15) is 11.5 Å². The Hall–Kier alpha value is -3.19. The molecule has 1 atom stereocenters. The minimum absolute atomic E-state index is 0.0752. The fourth-order valence-corrected chi connectivity index (χ4v) is 4.25. The molecule has 1 aliphatic heterocycles. The standard InChI is InChI=1S/C24H23NO3/c1-4-11-25-15-18-12-17-13-20(28-3)9-10-21(17)22(14-23(18)24(25)26)16-5-7-19(27-2)8-6-16/h1,5-10,13,22H,11-12,14-15H2,2-3H3. The summed E-state index contributed by atoms with van der Waals surface area (Å²) < 4.78 is 10.8. The van der Waals surface area contributed by atoms with Gasteiger partial charge in [-0.3, -0.25) is 4.79 Å². The van der Waals surface area contributed by atoms with Crippen LogP contribution in [0.15, 0.2) is 53.6 Å². The third-order valence-electron chi connectivity index (χ3n) is 5.69. The Bertz CT molecular complexity index is 982. The summed E-state index contributed by atoms with van der Waals surface area (Å²) in [6.07, 6.45) is 6.89. The van der Waals surface area contributed by atoms with Crippen LogP contribution in [0.1, 0.15) is 29.0 Å². The Morgan fingerprint density at radius 1 is 1.11 bits per heavy atom. The van der Waals surface area contributed by atoms with Crippen LogP contribution in [0.4, 0.5) is 0 Å². The van der Waals surface area contributed by atoms with Crippen LogP contribution in [-0.2, 0) is 11.2 Å². The second-order valence-corrected chi connectivity index (χ2v) is 7.22. The lowest BCUT2D eigenvalue weighted by molar-refractivity contribution is -0.125. The zero-order chi connectivity index (χ0) is 19.7. The first kappa shape index (κ1) is 18.2. The van der Waals surface area contributed by atoms with Gasteiger partial charge >= 0.3 is 0 Å². The molecule has 4 nitrogen and oxygen atoms in total. The Labute approximate surface area is 165 Å². The van der Waals surface area contributed by atoms with Gasteiger partial charge in [-0.1, -0.05) is 24.1 Å². The third kappa shape index (κ3) is 3.14. The number of terminal acetylenes is 1. The van der Waals surface area contributed by atoms with E-state index in [1.54, 1.807) is 19.1 Å². The molecule has 0 N–H and O–H groups in total. The molecule has 1 heterocycles. The highest BCUT2D eigenvalue weighted by atomic mass is 16.5. The summed E-state index contributed by atoms with van der Waals surface area (Å²) >= 11 is 0. The average Bonchev–Trinajstić information content (AvgIpc) is 2.91. The predicted octanol–water partition coefficient (Wildman–Crippen LogP) is 3.55. The molecule has 0 fully saturated rings. The predicted molar refractivity (Wildman–Crippen MR) is 109 cm³/mol. The monoisotopic (exact) mass is 373 g/mol. The van der Waals surface area contributed by atoms with Gasteiger partial charge in [0.2, 0.25) is 0 Å². The van der Waals surface area contributed by atoms with Crippen molar-refractivity contribution in [3.8, 4) is 23.8 Å². The zero-order valence-corrected chi connectivity index (χ0v) is 16.2. The van der Waals surface area contributed by atoms with Crippen LogP contribution in [-0.4, -0.2) is 38.1 Å². The summed E-state index contributed by atoms with van der Waals surface area (Å²) in [7, 11) is 3.34. The van der Waals surface area contributed by atoms with E-state index in [0.29, 0.717) is 19.5 Å². The summed E-state index contributed by atoms with van der Waals surface area (Å²) in [6.45, 7) is 0.967. The summed E-state index contributed by atoms with van der Waals surface area (Å²) in [4.78, 5) is 14.7. The molecule has 4 rings (SSSR count). The fraction of sp³-hybridized carbons (Fsp3) is 0.292. The molecule has 2 aliphatic rings. The normalized spacial score (nSPS) is 18.2. The van der Waals surface area contributed by atoms with Crippen LogP contribution < -0.4 is 9.47 Å². The summed E-state index contributed by atoms with van der Waals surface area (Å²) in [5.74, 6) is 4.44. The number of hydrogen-bond donors (Lipinski definition) is 0. The maximum atomic E-state index is 13.0. The molecule has 142 valence electrons. The first-order valence-electron chi connectivity index (χ1n) is 9.39. The van der Waals surface area contributed by atoms with E-state index in [2.05, 4.69) is 30.2 Å². The van der Waals surface area contributed by atoms with Gasteiger partial charge in [-0.05, 0) is 59.4 Å². The summed E-state index contributed by atoms with van der Waals surface area (Å²) in [5, 5.41) is 0. The molecular formula is C24H23NO3. The van der Waals surface area contributed by atoms with E-state index >= 15 is 0 Å². The minimum Gasteiger partial charge on any atom is -0.497 e. The van der Waals surface area contributed by atoms with Gasteiger partial charge in [0.25, 0.3) is 5.91 Å². The molecular weight excluding hydrogens is 350 g/mol. The number of benzene rings is 2. The van der Waals surface area contributed by atoms with Crippen molar-refractivity contribution in [1.82, 2.24) is 4.90 Å². The van der Waals surface area contributed by atoms with Crippen LogP contribution in [0.25, 0.3) is 0 Å². The number of carbonyl (C=O) groups excluding carboxylic acids is 1. The Balaban J connectivity index is 1.79. The molecule has 0 saturated carbocycles. The van der Waals surface area contributed by atoms with Crippen molar-refractivity contribution >= 4 is 5.91 Å². The number of hydrogen-bond acceptors (Lipinski definition) is 3. The van der Waals surface area contributed by atoms with Crippen molar-refractivity contribution < 1.29 is 14.3 Å². The van der Waals surface area contributed by atoms with Crippen LogP contribution >= 0.6 is 0 Å². The number of fused-ring (bicyclic) bond motifs is 1. The van der Waals surface area contributed by atoms with Crippen LogP contribution in [0.3, 0.4) is 0 Å². The van der Waals surface area contributed by atoms with Crippen LogP contribution in [0.5, 0.6) is 11.5 Å². The molecule has 2 aromatic rings. The number of amides is 1. The number of nitrogens with zero attached hydrogens (tertiary/aromatic N) is 1. The highest BCUT2D eigenvalue weighted by Gasteiger charge is 2.35. The zero-order valence-electron chi connectivity index (χ0n) is 16.2. The van der Waals surface area contributed by atoms with Gasteiger partial charge in [-0.25, -0.2) is 0 Å². The van der Waals surface area contributed by atoms with Gasteiger partial charge in [0.05, 0.1) is 20.8 Å². The van der Waals surface area contributed by atoms with E-state index in [1.807, 2.05) is 18.2 Å². The first-order chi connectivity index (χ1) is 13.6. The van der Waals surface area contributed by atoms with E-state index in [0.717, 1.165) is 23.5 Å². The Morgan fingerprint density at radius 2 is 1.82 bits per heavy atom. The second-order valence-electron chi connectivity index (χ2n) is 7.22. The highest BCUT2D eigenvalue weighted by Crippen LogP contribution is 2.42. The van der Waals surface area contributed by atoms with Gasteiger partial charge in [0, 0.05) is 18.0 Å². The lowest BCUT2D eigenvalue weighted by Crippen LogP contribution is -2.28. The van der Waals surface area contributed by atoms with E-state index in [9.17, 15) is 4.79 Å². The Kier molecular flexibility index (Phi) is 4.83. The molecule has 0 spiro atoms. The van der Waals surface area contributed by atoms with Gasteiger partial charge in [-0.2, -0.15) is 0 Å². The second kappa shape index (κ2) is 7.44. The van der Waals surface area contributed by atoms with Gasteiger partial charge in [0.15, 0.2) is 0 Å². The summed E-state index contributed by atoms with van der Waals surface area (Å²) in [6, 6.07) is 14.3. The lowest BCUT2D eigenvalue weighted by Gasteiger charge is -2.22. The molecule has 0 bridgehead atoms. The van der Waals surface area contributed by atoms with Gasteiger partial charge < -0.3 is 14.4 Å². The van der Waals surface area contributed by atoms with Crippen molar-refractivity contribution in [1.29, 1.82) is 0 Å². The van der Waals surface area contributed by atoms with E-state index < -0.39 is 0 Å². The van der Waals surface area contributed by atoms with E-state index in [4.69, 9.17) is 15.9 Å². The average molecular weight is 373 g/mol. The van der Waals surface area contributed by atoms with E-state index in [1.165, 1.54) is 22.3 Å². The molecule has 28 heavy (non-hydrogen) atoms.